The highest BCUT2D eigenvalue weighted by Gasteiger charge is 2.29. The van der Waals surface area contributed by atoms with E-state index < -0.39 is 16.0 Å². The van der Waals surface area contributed by atoms with Gasteiger partial charge >= 0.3 is 5.97 Å². The van der Waals surface area contributed by atoms with E-state index in [4.69, 9.17) is 9.84 Å². The molecule has 0 amide bonds. The SMILES string of the molecule is COc1cc(Br)cc(S(=O)(=O)NC2CCC(C(=O)O)CC2)c1. The van der Waals surface area contributed by atoms with Crippen LogP contribution in [0.3, 0.4) is 0 Å². The number of benzene rings is 1. The van der Waals surface area contributed by atoms with E-state index in [2.05, 4.69) is 20.7 Å². The van der Waals surface area contributed by atoms with Crippen LogP contribution in [-0.4, -0.2) is 32.6 Å². The smallest absolute Gasteiger partial charge is 0.306 e. The summed E-state index contributed by atoms with van der Waals surface area (Å²) in [6.07, 6.45) is 2.04. The van der Waals surface area contributed by atoms with Crippen molar-refractivity contribution in [2.75, 3.05) is 7.11 Å². The molecule has 0 aliphatic heterocycles. The maximum atomic E-state index is 12.4. The van der Waals surface area contributed by atoms with Gasteiger partial charge in [-0.25, -0.2) is 13.1 Å². The third-order valence-electron chi connectivity index (χ3n) is 3.79. The first kappa shape index (κ1) is 17.2. The van der Waals surface area contributed by atoms with Crippen LogP contribution in [-0.2, 0) is 14.8 Å². The summed E-state index contributed by atoms with van der Waals surface area (Å²) in [6, 6.07) is 4.41. The van der Waals surface area contributed by atoms with Crippen LogP contribution in [0.25, 0.3) is 0 Å². The van der Waals surface area contributed by atoms with E-state index in [0.717, 1.165) is 0 Å². The molecular formula is C14H18BrNO5S. The average Bonchev–Trinajstić information content (AvgIpc) is 2.46. The molecule has 0 heterocycles. The molecule has 8 heteroatoms. The van der Waals surface area contributed by atoms with Crippen LogP contribution in [0.5, 0.6) is 5.75 Å². The Morgan fingerprint density at radius 1 is 1.27 bits per heavy atom. The van der Waals surface area contributed by atoms with Gasteiger partial charge in [0, 0.05) is 16.6 Å². The Kier molecular flexibility index (Phi) is 5.46. The van der Waals surface area contributed by atoms with E-state index in [0.29, 0.717) is 35.9 Å². The maximum Gasteiger partial charge on any atom is 0.306 e. The summed E-state index contributed by atoms with van der Waals surface area (Å²) in [4.78, 5) is 11.0. The number of ether oxygens (including phenoxy) is 1. The Bertz CT molecular complexity index is 653. The van der Waals surface area contributed by atoms with Crippen LogP contribution >= 0.6 is 15.9 Å². The van der Waals surface area contributed by atoms with Gasteiger partial charge < -0.3 is 9.84 Å². The van der Waals surface area contributed by atoms with Crippen molar-refractivity contribution >= 4 is 31.9 Å². The molecule has 6 nitrogen and oxygen atoms in total. The molecular weight excluding hydrogens is 374 g/mol. The van der Waals surface area contributed by atoms with Crippen molar-refractivity contribution in [3.63, 3.8) is 0 Å². The van der Waals surface area contributed by atoms with Crippen LogP contribution in [0.2, 0.25) is 0 Å². The van der Waals surface area contributed by atoms with Gasteiger partial charge in [0.1, 0.15) is 5.75 Å². The molecule has 0 unspecified atom stereocenters. The molecule has 122 valence electrons. The van der Waals surface area contributed by atoms with E-state index >= 15 is 0 Å². The minimum atomic E-state index is -3.66. The van der Waals surface area contributed by atoms with Gasteiger partial charge in [-0.15, -0.1) is 0 Å². The molecule has 2 rings (SSSR count). The van der Waals surface area contributed by atoms with Gasteiger partial charge in [0.15, 0.2) is 0 Å². The molecule has 0 saturated heterocycles. The van der Waals surface area contributed by atoms with Gasteiger partial charge in [-0.3, -0.25) is 4.79 Å². The average molecular weight is 392 g/mol. The largest absolute Gasteiger partial charge is 0.497 e. The molecule has 22 heavy (non-hydrogen) atoms. The number of carboxylic acid groups (broad SMARTS) is 1. The lowest BCUT2D eigenvalue weighted by Crippen LogP contribution is -2.38. The van der Waals surface area contributed by atoms with Gasteiger partial charge in [-0.1, -0.05) is 15.9 Å². The van der Waals surface area contributed by atoms with E-state index in [1.807, 2.05) is 0 Å². The number of nitrogens with one attached hydrogen (secondary N) is 1. The molecule has 1 fully saturated rings. The first-order chi connectivity index (χ1) is 10.3. The fourth-order valence-corrected chi connectivity index (χ4v) is 4.54. The first-order valence-corrected chi connectivity index (χ1v) is 9.19. The molecule has 0 atom stereocenters. The van der Waals surface area contributed by atoms with Crippen LogP contribution in [0.4, 0.5) is 0 Å². The Morgan fingerprint density at radius 2 is 1.91 bits per heavy atom. The molecule has 2 N–H and O–H groups in total. The summed E-state index contributed by atoms with van der Waals surface area (Å²) in [6.45, 7) is 0. The zero-order valence-corrected chi connectivity index (χ0v) is 14.5. The summed E-state index contributed by atoms with van der Waals surface area (Å²) in [7, 11) is -2.19. The molecule has 1 aromatic rings. The van der Waals surface area contributed by atoms with Crippen molar-refractivity contribution < 1.29 is 23.1 Å². The summed E-state index contributed by atoms with van der Waals surface area (Å²) in [5, 5.41) is 8.97. The van der Waals surface area contributed by atoms with Gasteiger partial charge in [0.25, 0.3) is 0 Å². The number of sulfonamides is 1. The van der Waals surface area contributed by atoms with Crippen molar-refractivity contribution in [3.8, 4) is 5.75 Å². The minimum Gasteiger partial charge on any atom is -0.497 e. The lowest BCUT2D eigenvalue weighted by atomic mass is 9.87. The normalized spacial score (nSPS) is 22.3. The van der Waals surface area contributed by atoms with Crippen molar-refractivity contribution in [2.24, 2.45) is 5.92 Å². The highest BCUT2D eigenvalue weighted by Crippen LogP contribution is 2.27. The number of hydrogen-bond acceptors (Lipinski definition) is 4. The van der Waals surface area contributed by atoms with Crippen LogP contribution in [0, 0.1) is 5.92 Å². The molecule has 0 spiro atoms. The molecule has 1 aromatic carbocycles. The second kappa shape index (κ2) is 6.97. The molecule has 1 aliphatic carbocycles. The predicted molar refractivity (Wildman–Crippen MR) is 84.4 cm³/mol. The Hall–Kier alpha value is -1.12. The number of aliphatic carboxylic acids is 1. The van der Waals surface area contributed by atoms with Gasteiger partial charge in [-0.05, 0) is 37.8 Å². The number of methoxy groups -OCH3 is 1. The van der Waals surface area contributed by atoms with Gasteiger partial charge in [0.05, 0.1) is 17.9 Å². The Balaban J connectivity index is 2.09. The summed E-state index contributed by atoms with van der Waals surface area (Å²) in [5.41, 5.74) is 0. The lowest BCUT2D eigenvalue weighted by Gasteiger charge is -2.26. The second-order valence-electron chi connectivity index (χ2n) is 5.33. The van der Waals surface area contributed by atoms with E-state index in [9.17, 15) is 13.2 Å². The quantitative estimate of drug-likeness (QED) is 0.803. The zero-order valence-electron chi connectivity index (χ0n) is 12.1. The van der Waals surface area contributed by atoms with Crippen LogP contribution in [0.1, 0.15) is 25.7 Å². The number of rotatable bonds is 5. The van der Waals surface area contributed by atoms with E-state index in [1.165, 1.54) is 19.2 Å². The lowest BCUT2D eigenvalue weighted by molar-refractivity contribution is -0.142. The monoisotopic (exact) mass is 391 g/mol. The third kappa shape index (κ3) is 4.21. The zero-order chi connectivity index (χ0) is 16.3. The van der Waals surface area contributed by atoms with Crippen LogP contribution in [0.15, 0.2) is 27.6 Å². The van der Waals surface area contributed by atoms with E-state index in [1.54, 1.807) is 6.07 Å². The maximum absolute atomic E-state index is 12.4. The highest BCUT2D eigenvalue weighted by molar-refractivity contribution is 9.10. The number of hydrogen-bond donors (Lipinski definition) is 2. The molecule has 0 bridgehead atoms. The summed E-state index contributed by atoms with van der Waals surface area (Å²) in [5.74, 6) is -0.728. The van der Waals surface area contributed by atoms with Crippen molar-refractivity contribution in [2.45, 2.75) is 36.6 Å². The van der Waals surface area contributed by atoms with Crippen molar-refractivity contribution in [1.29, 1.82) is 0 Å². The molecule has 0 aromatic heterocycles. The van der Waals surface area contributed by atoms with Crippen LogP contribution < -0.4 is 9.46 Å². The number of carboxylic acids is 1. The van der Waals surface area contributed by atoms with Gasteiger partial charge in [-0.2, -0.15) is 0 Å². The third-order valence-corrected chi connectivity index (χ3v) is 5.75. The minimum absolute atomic E-state index is 0.124. The predicted octanol–water partition coefficient (Wildman–Crippen LogP) is 2.38. The standard InChI is InChI=1S/C14H18BrNO5S/c1-21-12-6-10(15)7-13(8-12)22(19,20)16-11-4-2-9(3-5-11)14(17)18/h6-9,11,16H,2-5H2,1H3,(H,17,18). The molecule has 0 radical (unpaired) electrons. The summed E-state index contributed by atoms with van der Waals surface area (Å²) < 4.78 is 33.2. The first-order valence-electron chi connectivity index (χ1n) is 6.91. The second-order valence-corrected chi connectivity index (χ2v) is 7.96. The number of halogens is 1. The van der Waals surface area contributed by atoms with Gasteiger partial charge in [0.2, 0.25) is 10.0 Å². The highest BCUT2D eigenvalue weighted by atomic mass is 79.9. The number of carbonyl (C=O) groups is 1. The van der Waals surface area contributed by atoms with E-state index in [-0.39, 0.29) is 16.9 Å². The molecule has 1 saturated carbocycles. The fraction of sp³-hybridized carbons (Fsp3) is 0.500. The fourth-order valence-electron chi connectivity index (χ4n) is 2.56. The van der Waals surface area contributed by atoms with Crippen molar-refractivity contribution in [3.05, 3.63) is 22.7 Å². The summed E-state index contributed by atoms with van der Waals surface area (Å²) >= 11 is 3.26. The Labute approximate surface area is 138 Å². The topological polar surface area (TPSA) is 92.7 Å². The Morgan fingerprint density at radius 3 is 2.45 bits per heavy atom. The van der Waals surface area contributed by atoms with Crippen molar-refractivity contribution in [1.82, 2.24) is 4.72 Å². The molecule has 1 aliphatic rings.